The maximum Gasteiger partial charge on any atom is 0.434 e. The Balaban J connectivity index is 1.61. The summed E-state index contributed by atoms with van der Waals surface area (Å²) in [6.07, 6.45) is -1.97. The molecule has 1 fully saturated rings. The Labute approximate surface area is 207 Å². The lowest BCUT2D eigenvalue weighted by molar-refractivity contribution is -0.141. The van der Waals surface area contributed by atoms with Crippen molar-refractivity contribution in [3.8, 4) is 10.6 Å². The van der Waals surface area contributed by atoms with Crippen LogP contribution in [0.2, 0.25) is 0 Å². The van der Waals surface area contributed by atoms with E-state index in [2.05, 4.69) is 25.3 Å². The molecular weight excluding hydrogens is 503 g/mol. The number of rotatable bonds is 5. The van der Waals surface area contributed by atoms with Gasteiger partial charge < -0.3 is 10.2 Å². The van der Waals surface area contributed by atoms with Gasteiger partial charge in [-0.05, 0) is 37.5 Å². The molecule has 3 aromatic rings. The molecule has 0 saturated carbocycles. The van der Waals surface area contributed by atoms with Crippen molar-refractivity contribution in [3.05, 3.63) is 52.7 Å². The highest BCUT2D eigenvalue weighted by molar-refractivity contribution is 7.15. The first-order chi connectivity index (χ1) is 16.8. The van der Waals surface area contributed by atoms with Crippen molar-refractivity contribution in [1.82, 2.24) is 24.8 Å². The molecule has 3 aromatic heterocycles. The first kappa shape index (κ1) is 25.9. The van der Waals surface area contributed by atoms with E-state index in [0.29, 0.717) is 21.8 Å². The molecule has 36 heavy (non-hydrogen) atoms. The number of aromatic nitrogens is 4. The smallest absolute Gasteiger partial charge is 0.367 e. The lowest BCUT2D eigenvalue weighted by Gasteiger charge is -2.43. The predicted molar refractivity (Wildman–Crippen MR) is 124 cm³/mol. The van der Waals surface area contributed by atoms with Gasteiger partial charge in [0.25, 0.3) is 11.8 Å². The molecule has 0 radical (unpaired) electrons. The van der Waals surface area contributed by atoms with E-state index < -0.39 is 48.6 Å². The van der Waals surface area contributed by atoms with Crippen LogP contribution in [0, 0.1) is 19.8 Å². The van der Waals surface area contributed by atoms with E-state index in [1.807, 2.05) is 6.92 Å². The minimum absolute atomic E-state index is 0.00974. The monoisotopic (exact) mass is 526 g/mol. The topological polar surface area (TPSA) is 83.9 Å². The molecule has 0 bridgehead atoms. The summed E-state index contributed by atoms with van der Waals surface area (Å²) in [5.74, 6) is -4.34. The van der Waals surface area contributed by atoms with Gasteiger partial charge in [0.2, 0.25) is 0 Å². The number of hydrogen-bond donors (Lipinski definition) is 1. The fourth-order valence-corrected chi connectivity index (χ4v) is 5.07. The van der Waals surface area contributed by atoms with Crippen LogP contribution in [0.5, 0.6) is 0 Å². The lowest BCUT2D eigenvalue weighted by Crippen LogP contribution is -2.57. The average molecular weight is 527 g/mol. The number of carbonyl (C=O) groups excluding carboxylic acids is 1. The molecule has 1 aliphatic heterocycles. The summed E-state index contributed by atoms with van der Waals surface area (Å²) in [5, 5.41) is 3.42. The molecule has 13 heteroatoms. The van der Waals surface area contributed by atoms with Crippen LogP contribution < -0.4 is 5.32 Å². The van der Waals surface area contributed by atoms with Crippen LogP contribution in [0.15, 0.2) is 30.7 Å². The van der Waals surface area contributed by atoms with Crippen LogP contribution in [0.25, 0.3) is 10.6 Å². The highest BCUT2D eigenvalue weighted by Crippen LogP contribution is 2.37. The third kappa shape index (κ3) is 5.61. The molecule has 4 heterocycles. The molecule has 7 nitrogen and oxygen atoms in total. The summed E-state index contributed by atoms with van der Waals surface area (Å²) >= 11 is 1.25. The van der Waals surface area contributed by atoms with E-state index in [1.54, 1.807) is 32.2 Å². The van der Waals surface area contributed by atoms with Gasteiger partial charge in [-0.1, -0.05) is 6.92 Å². The van der Waals surface area contributed by atoms with Crippen molar-refractivity contribution in [2.24, 2.45) is 5.92 Å². The minimum Gasteiger partial charge on any atom is -0.367 e. The number of pyridine rings is 1. The van der Waals surface area contributed by atoms with E-state index in [9.17, 15) is 26.7 Å². The van der Waals surface area contributed by atoms with E-state index >= 15 is 0 Å². The molecule has 1 N–H and O–H groups in total. The van der Waals surface area contributed by atoms with Gasteiger partial charge in [-0.3, -0.25) is 9.78 Å². The second-order valence-corrected chi connectivity index (χ2v) is 10.0. The molecule has 2 atom stereocenters. The third-order valence-corrected chi connectivity index (χ3v) is 6.85. The van der Waals surface area contributed by atoms with Gasteiger partial charge in [0.15, 0.2) is 5.69 Å². The first-order valence-corrected chi connectivity index (χ1v) is 11.9. The van der Waals surface area contributed by atoms with Gasteiger partial charge in [-0.2, -0.15) is 13.2 Å². The van der Waals surface area contributed by atoms with Crippen molar-refractivity contribution in [2.75, 3.05) is 18.4 Å². The minimum atomic E-state index is -4.63. The lowest BCUT2D eigenvalue weighted by atomic mass is 9.88. The van der Waals surface area contributed by atoms with Gasteiger partial charge in [-0.25, -0.2) is 23.7 Å². The predicted octanol–water partition coefficient (Wildman–Crippen LogP) is 5.23. The van der Waals surface area contributed by atoms with E-state index in [0.717, 1.165) is 16.7 Å². The number of likely N-dealkylation sites (tertiary alicyclic amines) is 1. The van der Waals surface area contributed by atoms with Crippen molar-refractivity contribution >= 4 is 23.1 Å². The number of carbonyl (C=O) groups is 1. The maximum atomic E-state index is 14.6. The van der Waals surface area contributed by atoms with E-state index in [-0.39, 0.29) is 18.1 Å². The number of piperidine rings is 1. The molecule has 0 aromatic carbocycles. The molecule has 0 aliphatic carbocycles. The van der Waals surface area contributed by atoms with Crippen LogP contribution >= 0.6 is 11.3 Å². The molecule has 4 rings (SSSR count). The zero-order valence-corrected chi connectivity index (χ0v) is 20.4. The Morgan fingerprint density at radius 3 is 2.61 bits per heavy atom. The highest BCUT2D eigenvalue weighted by atomic mass is 32.1. The number of halogens is 5. The molecule has 0 unspecified atom stereocenters. The average Bonchev–Trinajstić information content (AvgIpc) is 3.18. The Kier molecular flexibility index (Phi) is 6.95. The zero-order valence-electron chi connectivity index (χ0n) is 19.6. The molecule has 192 valence electrons. The second kappa shape index (κ2) is 9.68. The number of nitrogens with one attached hydrogen (secondary N) is 1. The fourth-order valence-electron chi connectivity index (χ4n) is 4.20. The van der Waals surface area contributed by atoms with E-state index in [1.165, 1.54) is 11.3 Å². The normalized spacial score (nSPS) is 19.8. The standard InChI is InChI=1S/C23H23F5N6OS/c1-12-4-5-29-15(6-12)20-19(33-14(3)36-20)21(35)34-11-22(24,25)7-13(2)16(34)8-31-18-10-30-17(9-32-18)23(26,27)28/h4-6,9-10,13,16H,7-8,11H2,1-3H3,(H,31,32)/t13-,16-/m1/s1. The van der Waals surface area contributed by atoms with Crippen molar-refractivity contribution in [2.45, 2.75) is 45.3 Å². The van der Waals surface area contributed by atoms with E-state index in [4.69, 9.17) is 0 Å². The number of hydrogen-bond acceptors (Lipinski definition) is 7. The number of thiazole rings is 1. The number of nitrogens with zero attached hydrogens (tertiary/aromatic N) is 5. The summed E-state index contributed by atoms with van der Waals surface area (Å²) < 4.78 is 67.4. The number of amides is 1. The van der Waals surface area contributed by atoms with Crippen LogP contribution in [-0.4, -0.2) is 55.8 Å². The SMILES string of the molecule is Cc1ccnc(-c2sc(C)nc2C(=O)N2CC(F)(F)C[C@@H](C)[C@H]2CNc2cnc(C(F)(F)F)cn2)c1. The highest BCUT2D eigenvalue weighted by Gasteiger charge is 2.47. The largest absolute Gasteiger partial charge is 0.434 e. The second-order valence-electron chi connectivity index (χ2n) is 8.83. The Morgan fingerprint density at radius 2 is 1.97 bits per heavy atom. The van der Waals surface area contributed by atoms with Crippen molar-refractivity contribution in [1.29, 1.82) is 0 Å². The fraction of sp³-hybridized carbons (Fsp3) is 0.435. The van der Waals surface area contributed by atoms with Crippen LogP contribution in [0.4, 0.5) is 27.8 Å². The van der Waals surface area contributed by atoms with Gasteiger partial charge in [0, 0.05) is 19.2 Å². The number of alkyl halides is 5. The summed E-state index contributed by atoms with van der Waals surface area (Å²) in [4.78, 5) is 30.9. The summed E-state index contributed by atoms with van der Waals surface area (Å²) in [5.41, 5.74) is 0.337. The molecule has 1 amide bonds. The van der Waals surface area contributed by atoms with Crippen LogP contribution in [0.1, 0.15) is 40.1 Å². The van der Waals surface area contributed by atoms with Crippen LogP contribution in [0.3, 0.4) is 0 Å². The van der Waals surface area contributed by atoms with Crippen LogP contribution in [-0.2, 0) is 6.18 Å². The third-order valence-electron chi connectivity index (χ3n) is 5.86. The Bertz CT molecular complexity index is 1250. The number of aryl methyl sites for hydroxylation is 2. The van der Waals surface area contributed by atoms with Crippen molar-refractivity contribution < 1.29 is 26.7 Å². The molecule has 0 spiro atoms. The Morgan fingerprint density at radius 1 is 1.22 bits per heavy atom. The summed E-state index contributed by atoms with van der Waals surface area (Å²) in [6.45, 7) is 4.38. The number of anilines is 1. The first-order valence-electron chi connectivity index (χ1n) is 11.1. The molecule has 1 saturated heterocycles. The maximum absolute atomic E-state index is 14.6. The Hall–Kier alpha value is -3.22. The quantitative estimate of drug-likeness (QED) is 0.459. The van der Waals surface area contributed by atoms with Gasteiger partial charge in [0.05, 0.1) is 40.6 Å². The van der Waals surface area contributed by atoms with Gasteiger partial charge in [0.1, 0.15) is 11.5 Å². The molecular formula is C23H23F5N6OS. The zero-order chi connectivity index (χ0) is 26.3. The summed E-state index contributed by atoms with van der Waals surface area (Å²) in [6, 6.07) is 2.90. The van der Waals surface area contributed by atoms with Gasteiger partial charge >= 0.3 is 6.18 Å². The van der Waals surface area contributed by atoms with Crippen molar-refractivity contribution in [3.63, 3.8) is 0 Å². The summed E-state index contributed by atoms with van der Waals surface area (Å²) in [7, 11) is 0. The molecule has 1 aliphatic rings. The van der Waals surface area contributed by atoms with Gasteiger partial charge in [-0.15, -0.1) is 11.3 Å².